The normalized spacial score (nSPS) is 18.9. The van der Waals surface area contributed by atoms with Crippen LogP contribution in [0.15, 0.2) is 22.1 Å². The molecule has 4 N–H and O–H groups in total. The molecule has 20 heavy (non-hydrogen) atoms. The van der Waals surface area contributed by atoms with Crippen molar-refractivity contribution in [1.29, 1.82) is 0 Å². The molecule has 0 bridgehead atoms. The van der Waals surface area contributed by atoms with Crippen LogP contribution in [0, 0.1) is 5.41 Å². The summed E-state index contributed by atoms with van der Waals surface area (Å²) >= 11 is 0. The second-order valence-electron chi connectivity index (χ2n) is 5.14. The van der Waals surface area contributed by atoms with E-state index in [1.165, 1.54) is 12.1 Å². The lowest BCUT2D eigenvalue weighted by Crippen LogP contribution is -2.47. The third-order valence-corrected chi connectivity index (χ3v) is 3.78. The summed E-state index contributed by atoms with van der Waals surface area (Å²) in [5, 5.41) is 17.8. The molecule has 1 aliphatic rings. The Morgan fingerprint density at radius 2 is 2.15 bits per heavy atom. The number of carbonyl (C=O) groups excluding carboxylic acids is 1. The van der Waals surface area contributed by atoms with Crippen LogP contribution >= 0.6 is 0 Å². The highest BCUT2D eigenvalue weighted by Crippen LogP contribution is 2.31. The number of nitrogens with two attached hydrogens (primary N) is 1. The van der Waals surface area contributed by atoms with Gasteiger partial charge in [-0.05, 0) is 18.9 Å². The Morgan fingerprint density at radius 1 is 1.50 bits per heavy atom. The maximum absolute atomic E-state index is 12.2. The third-order valence-electron chi connectivity index (χ3n) is 3.78. The average Bonchev–Trinajstić information content (AvgIpc) is 2.47. The minimum Gasteiger partial charge on any atom is -0.409 e. The van der Waals surface area contributed by atoms with Gasteiger partial charge in [-0.1, -0.05) is 12.1 Å². The van der Waals surface area contributed by atoms with Gasteiger partial charge in [0, 0.05) is 24.6 Å². The van der Waals surface area contributed by atoms with Crippen LogP contribution in [0.25, 0.3) is 0 Å². The highest BCUT2D eigenvalue weighted by atomic mass is 16.4. The molecule has 0 spiro atoms. The maximum Gasteiger partial charge on any atom is 0.274 e. The average molecular weight is 279 g/mol. The fraction of sp³-hybridized carbons (Fsp3) is 0.500. The predicted octanol–water partition coefficient (Wildman–Crippen LogP) is -0.241. The number of hydrogen-bond donors (Lipinski definition) is 3. The molecule has 0 atom stereocenters. The molecule has 0 aliphatic carbocycles. The standard InChI is InChI=1S/C12H17N5O3/c1-12(11(13)16-20)4-6-17(7-5-12)10(19)8-2-3-9(18)15-14-8/h2-3,20H,4-7H2,1H3,(H2,13,16)(H,15,18). The van der Waals surface area contributed by atoms with E-state index in [0.29, 0.717) is 25.9 Å². The van der Waals surface area contributed by atoms with Gasteiger partial charge in [-0.25, -0.2) is 5.10 Å². The molecule has 1 aromatic rings. The Hall–Kier alpha value is -2.38. The minimum atomic E-state index is -0.399. The van der Waals surface area contributed by atoms with Crippen LogP contribution < -0.4 is 11.3 Å². The molecule has 1 amide bonds. The zero-order valence-electron chi connectivity index (χ0n) is 11.2. The van der Waals surface area contributed by atoms with E-state index in [1.54, 1.807) is 4.90 Å². The largest absolute Gasteiger partial charge is 0.409 e. The number of aromatic nitrogens is 2. The van der Waals surface area contributed by atoms with Crippen LogP contribution in [-0.2, 0) is 0 Å². The smallest absolute Gasteiger partial charge is 0.274 e. The van der Waals surface area contributed by atoms with E-state index < -0.39 is 5.41 Å². The molecule has 0 aromatic carbocycles. The zero-order valence-corrected chi connectivity index (χ0v) is 11.2. The number of rotatable bonds is 2. The van der Waals surface area contributed by atoms with Crippen molar-refractivity contribution in [2.24, 2.45) is 16.3 Å². The highest BCUT2D eigenvalue weighted by molar-refractivity contribution is 5.92. The second-order valence-corrected chi connectivity index (χ2v) is 5.14. The fourth-order valence-electron chi connectivity index (χ4n) is 2.21. The first-order valence-corrected chi connectivity index (χ1v) is 6.29. The first kappa shape index (κ1) is 14.0. The molecule has 8 heteroatoms. The molecule has 0 unspecified atom stereocenters. The number of amidine groups is 1. The zero-order chi connectivity index (χ0) is 14.8. The van der Waals surface area contributed by atoms with Crippen molar-refractivity contribution in [1.82, 2.24) is 15.1 Å². The lowest BCUT2D eigenvalue weighted by molar-refractivity contribution is 0.0659. The Bertz CT molecular complexity index is 567. The number of nitrogens with one attached hydrogen (secondary N) is 1. The second kappa shape index (κ2) is 5.32. The Labute approximate surface area is 115 Å². The molecule has 1 aromatic heterocycles. The van der Waals surface area contributed by atoms with Gasteiger partial charge in [0.1, 0.15) is 11.5 Å². The van der Waals surface area contributed by atoms with Crippen LogP contribution in [0.1, 0.15) is 30.3 Å². The number of likely N-dealkylation sites (tertiary alicyclic amines) is 1. The number of oxime groups is 1. The van der Waals surface area contributed by atoms with Gasteiger partial charge >= 0.3 is 0 Å². The lowest BCUT2D eigenvalue weighted by Gasteiger charge is -2.38. The summed E-state index contributed by atoms with van der Waals surface area (Å²) in [7, 11) is 0. The van der Waals surface area contributed by atoms with Crippen LogP contribution in [0.4, 0.5) is 0 Å². The summed E-state index contributed by atoms with van der Waals surface area (Å²) in [6.07, 6.45) is 1.22. The number of hydrogen-bond acceptors (Lipinski definition) is 5. The third kappa shape index (κ3) is 2.63. The monoisotopic (exact) mass is 279 g/mol. The molecule has 1 aliphatic heterocycles. The number of carbonyl (C=O) groups is 1. The van der Waals surface area contributed by atoms with Crippen molar-refractivity contribution >= 4 is 11.7 Å². The predicted molar refractivity (Wildman–Crippen MR) is 71.5 cm³/mol. The van der Waals surface area contributed by atoms with E-state index >= 15 is 0 Å². The van der Waals surface area contributed by atoms with Crippen molar-refractivity contribution in [3.63, 3.8) is 0 Å². The van der Waals surface area contributed by atoms with Gasteiger partial charge in [0.25, 0.3) is 11.5 Å². The molecular weight excluding hydrogens is 262 g/mol. The highest BCUT2D eigenvalue weighted by Gasteiger charge is 2.36. The Kier molecular flexibility index (Phi) is 3.73. The van der Waals surface area contributed by atoms with Crippen molar-refractivity contribution in [3.05, 3.63) is 28.2 Å². The Morgan fingerprint density at radius 3 is 2.65 bits per heavy atom. The van der Waals surface area contributed by atoms with Crippen molar-refractivity contribution < 1.29 is 10.0 Å². The summed E-state index contributed by atoms with van der Waals surface area (Å²) in [6.45, 7) is 2.89. The van der Waals surface area contributed by atoms with Crippen LogP contribution in [0.2, 0.25) is 0 Å². The topological polar surface area (TPSA) is 125 Å². The van der Waals surface area contributed by atoms with Gasteiger partial charge in [-0.15, -0.1) is 0 Å². The van der Waals surface area contributed by atoms with E-state index in [9.17, 15) is 9.59 Å². The molecule has 8 nitrogen and oxygen atoms in total. The molecule has 2 rings (SSSR count). The van der Waals surface area contributed by atoms with Crippen molar-refractivity contribution in [2.45, 2.75) is 19.8 Å². The van der Waals surface area contributed by atoms with Crippen LogP contribution in [0.3, 0.4) is 0 Å². The van der Waals surface area contributed by atoms with Gasteiger partial charge in [0.15, 0.2) is 0 Å². The minimum absolute atomic E-state index is 0.187. The first-order valence-electron chi connectivity index (χ1n) is 6.29. The maximum atomic E-state index is 12.2. The van der Waals surface area contributed by atoms with Crippen LogP contribution in [-0.4, -0.2) is 45.1 Å². The lowest BCUT2D eigenvalue weighted by atomic mass is 9.79. The summed E-state index contributed by atoms with van der Waals surface area (Å²) in [4.78, 5) is 24.8. The first-order chi connectivity index (χ1) is 9.46. The van der Waals surface area contributed by atoms with E-state index in [0.717, 1.165) is 0 Å². The summed E-state index contributed by atoms with van der Waals surface area (Å²) < 4.78 is 0. The SMILES string of the molecule is CC1(/C(N)=N/O)CCN(C(=O)c2ccc(=O)[nH]n2)CC1. The van der Waals surface area contributed by atoms with Crippen molar-refractivity contribution in [3.8, 4) is 0 Å². The number of H-pyrrole nitrogens is 1. The summed E-state index contributed by atoms with van der Waals surface area (Å²) in [6, 6.07) is 2.67. The quantitative estimate of drug-likeness (QED) is 0.298. The number of amides is 1. The van der Waals surface area contributed by atoms with Gasteiger partial charge in [0.05, 0.1) is 0 Å². The molecule has 108 valence electrons. The summed E-state index contributed by atoms with van der Waals surface area (Å²) in [5.41, 5.74) is 5.13. The van der Waals surface area contributed by atoms with E-state index in [-0.39, 0.29) is 23.0 Å². The van der Waals surface area contributed by atoms with E-state index in [1.807, 2.05) is 6.92 Å². The molecule has 0 saturated carbocycles. The molecule has 1 fully saturated rings. The van der Waals surface area contributed by atoms with Gasteiger partial charge in [0.2, 0.25) is 0 Å². The van der Waals surface area contributed by atoms with E-state index in [2.05, 4.69) is 15.4 Å². The molecule has 0 radical (unpaired) electrons. The fourth-order valence-corrected chi connectivity index (χ4v) is 2.21. The molecule has 2 heterocycles. The van der Waals surface area contributed by atoms with E-state index in [4.69, 9.17) is 10.9 Å². The van der Waals surface area contributed by atoms with Crippen LogP contribution in [0.5, 0.6) is 0 Å². The molecule has 1 saturated heterocycles. The summed E-state index contributed by atoms with van der Waals surface area (Å²) in [5.74, 6) is -0.0467. The van der Waals surface area contributed by atoms with Crippen molar-refractivity contribution in [2.75, 3.05) is 13.1 Å². The number of nitrogens with zero attached hydrogens (tertiary/aromatic N) is 3. The van der Waals surface area contributed by atoms with Gasteiger partial charge < -0.3 is 15.8 Å². The van der Waals surface area contributed by atoms with Gasteiger partial charge in [-0.2, -0.15) is 5.10 Å². The Balaban J connectivity index is 2.05. The number of aromatic amines is 1. The number of piperidine rings is 1. The molecular formula is C12H17N5O3. The van der Waals surface area contributed by atoms with Gasteiger partial charge in [-0.3, -0.25) is 9.59 Å².